The van der Waals surface area contributed by atoms with Gasteiger partial charge < -0.3 is 19.7 Å². The van der Waals surface area contributed by atoms with Crippen LogP contribution in [0.5, 0.6) is 0 Å². The first-order chi connectivity index (χ1) is 18.9. The Hall–Kier alpha value is -3.00. The van der Waals surface area contributed by atoms with Gasteiger partial charge in [-0.1, -0.05) is 76.6 Å². The van der Waals surface area contributed by atoms with Crippen molar-refractivity contribution in [2.75, 3.05) is 13.7 Å². The molecular weight excluding hydrogens is 508 g/mol. The summed E-state index contributed by atoms with van der Waals surface area (Å²) in [5, 5.41) is 2.75. The van der Waals surface area contributed by atoms with E-state index in [2.05, 4.69) is 11.9 Å². The highest BCUT2D eigenvalue weighted by atomic mass is 16.5. The van der Waals surface area contributed by atoms with E-state index in [0.717, 1.165) is 30.4 Å². The maximum absolute atomic E-state index is 13.9. The largest absolute Gasteiger partial charge is 0.445 e. The lowest BCUT2D eigenvalue weighted by atomic mass is 9.84. The minimum Gasteiger partial charge on any atom is -0.445 e. The molecule has 40 heavy (non-hydrogen) atoms. The molecule has 2 amide bonds. The smallest absolute Gasteiger partial charge is 0.408 e. The van der Waals surface area contributed by atoms with Gasteiger partial charge in [0, 0.05) is 26.5 Å². The van der Waals surface area contributed by atoms with Crippen molar-refractivity contribution >= 4 is 23.6 Å². The number of nitrogens with one attached hydrogen (secondary N) is 1. The van der Waals surface area contributed by atoms with Gasteiger partial charge in [-0.3, -0.25) is 14.4 Å². The molecule has 1 N–H and O–H groups in total. The number of methoxy groups -OCH3 is 1. The molecule has 1 heterocycles. The highest BCUT2D eigenvalue weighted by Gasteiger charge is 2.44. The van der Waals surface area contributed by atoms with Crippen LogP contribution in [0.1, 0.15) is 78.2 Å². The van der Waals surface area contributed by atoms with Crippen LogP contribution in [-0.4, -0.2) is 60.3 Å². The average Bonchev–Trinajstić information content (AvgIpc) is 3.63. The molecule has 1 saturated carbocycles. The molecule has 2 fully saturated rings. The monoisotopic (exact) mass is 554 g/mol. The SMILES string of the molecule is C=C1C[C@@H](C(=O)C[C@@H](CCC)C(OC)C(=O)CC2CC2)N(C(=O)[C@@H](NC(=O)OCc2ccccc2)C(C)(C)C)C1. The Morgan fingerprint density at radius 2 is 1.80 bits per heavy atom. The van der Waals surface area contributed by atoms with Crippen molar-refractivity contribution in [1.29, 1.82) is 0 Å². The van der Waals surface area contributed by atoms with E-state index in [4.69, 9.17) is 9.47 Å². The van der Waals surface area contributed by atoms with Gasteiger partial charge in [0.05, 0.1) is 6.04 Å². The summed E-state index contributed by atoms with van der Waals surface area (Å²) in [7, 11) is 1.53. The molecule has 220 valence electrons. The van der Waals surface area contributed by atoms with E-state index in [-0.39, 0.29) is 43.0 Å². The molecule has 0 aromatic heterocycles. The van der Waals surface area contributed by atoms with E-state index < -0.39 is 29.7 Å². The molecule has 1 aromatic carbocycles. The molecule has 0 spiro atoms. The van der Waals surface area contributed by atoms with Crippen molar-refractivity contribution in [3.05, 3.63) is 48.0 Å². The predicted octanol–water partition coefficient (Wildman–Crippen LogP) is 5.24. The normalized spacial score (nSPS) is 19.6. The van der Waals surface area contributed by atoms with Crippen molar-refractivity contribution < 1.29 is 28.7 Å². The molecule has 3 rings (SSSR count). The maximum Gasteiger partial charge on any atom is 0.408 e. The molecule has 0 bridgehead atoms. The van der Waals surface area contributed by atoms with Gasteiger partial charge in [0.1, 0.15) is 18.8 Å². The number of amides is 2. The first-order valence-corrected chi connectivity index (χ1v) is 14.5. The van der Waals surface area contributed by atoms with Crippen LogP contribution in [0.25, 0.3) is 0 Å². The molecule has 1 aliphatic carbocycles. The Labute approximate surface area is 238 Å². The summed E-state index contributed by atoms with van der Waals surface area (Å²) in [6, 6.07) is 7.70. The van der Waals surface area contributed by atoms with Gasteiger partial charge >= 0.3 is 6.09 Å². The van der Waals surface area contributed by atoms with Crippen molar-refractivity contribution in [2.24, 2.45) is 17.3 Å². The van der Waals surface area contributed by atoms with Crippen LogP contribution in [0, 0.1) is 17.3 Å². The lowest BCUT2D eigenvalue weighted by Gasteiger charge is -2.35. The third-order valence-corrected chi connectivity index (χ3v) is 7.80. The van der Waals surface area contributed by atoms with Crippen LogP contribution < -0.4 is 5.32 Å². The third-order valence-electron chi connectivity index (χ3n) is 7.80. The molecule has 1 unspecified atom stereocenters. The number of likely N-dealkylation sites (tertiary alicyclic amines) is 1. The predicted molar refractivity (Wildman–Crippen MR) is 153 cm³/mol. The highest BCUT2D eigenvalue weighted by molar-refractivity contribution is 5.94. The van der Waals surface area contributed by atoms with Crippen LogP contribution in [0.2, 0.25) is 0 Å². The fourth-order valence-corrected chi connectivity index (χ4v) is 5.45. The highest BCUT2D eigenvalue weighted by Crippen LogP contribution is 2.35. The molecular formula is C32H46N2O6. The van der Waals surface area contributed by atoms with Crippen LogP contribution in [0.15, 0.2) is 42.5 Å². The van der Waals surface area contributed by atoms with E-state index in [1.807, 2.05) is 58.0 Å². The fraction of sp³-hybridized carbons (Fsp3) is 0.625. The topological polar surface area (TPSA) is 102 Å². The number of rotatable bonds is 14. The summed E-state index contributed by atoms with van der Waals surface area (Å²) >= 11 is 0. The van der Waals surface area contributed by atoms with Crippen molar-refractivity contribution in [2.45, 2.75) is 97.4 Å². The Morgan fingerprint density at radius 1 is 1.12 bits per heavy atom. The first kappa shape index (κ1) is 31.5. The number of alkyl carbamates (subject to hydrolysis) is 1. The fourth-order valence-electron chi connectivity index (χ4n) is 5.45. The third kappa shape index (κ3) is 8.75. The van der Waals surface area contributed by atoms with Crippen LogP contribution in [-0.2, 0) is 30.5 Å². The van der Waals surface area contributed by atoms with Gasteiger partial charge in [0.15, 0.2) is 11.6 Å². The molecule has 0 radical (unpaired) electrons. The number of hydrogen-bond donors (Lipinski definition) is 1. The standard InChI is InChI=1S/C32H46N2O6/c1-7-11-24(28(39-6)27(36)17-22-14-15-22)18-26(35)25-16-21(2)19-34(25)30(37)29(32(3,4)5)33-31(38)40-20-23-12-9-8-10-13-23/h8-10,12-13,22,24-25,28-29H,2,7,11,14-20H2,1,3-6H3,(H,33,38)/t24-,25+,28?,29-/m1/s1. The molecule has 1 saturated heterocycles. The number of ether oxygens (including phenoxy) is 2. The Bertz CT molecular complexity index is 1060. The zero-order valence-corrected chi connectivity index (χ0v) is 24.7. The summed E-state index contributed by atoms with van der Waals surface area (Å²) in [4.78, 5) is 54.8. The maximum atomic E-state index is 13.9. The van der Waals surface area contributed by atoms with Crippen LogP contribution in [0.4, 0.5) is 4.79 Å². The van der Waals surface area contributed by atoms with Crippen LogP contribution >= 0.6 is 0 Å². The minimum absolute atomic E-state index is 0.0611. The second kappa shape index (κ2) is 14.1. The Kier molecular flexibility index (Phi) is 11.1. The van der Waals surface area contributed by atoms with Gasteiger partial charge in [0.2, 0.25) is 5.91 Å². The van der Waals surface area contributed by atoms with Gasteiger partial charge in [-0.05, 0) is 48.5 Å². The molecule has 8 nitrogen and oxygen atoms in total. The van der Waals surface area contributed by atoms with Crippen molar-refractivity contribution in [1.82, 2.24) is 10.2 Å². The molecule has 8 heteroatoms. The number of nitrogens with zero attached hydrogens (tertiary/aromatic N) is 1. The molecule has 1 aliphatic heterocycles. The van der Waals surface area contributed by atoms with Crippen molar-refractivity contribution in [3.8, 4) is 0 Å². The first-order valence-electron chi connectivity index (χ1n) is 14.5. The van der Waals surface area contributed by atoms with Crippen LogP contribution in [0.3, 0.4) is 0 Å². The summed E-state index contributed by atoms with van der Waals surface area (Å²) < 4.78 is 11.0. The number of hydrogen-bond acceptors (Lipinski definition) is 6. The molecule has 2 aliphatic rings. The van der Waals surface area contributed by atoms with Gasteiger partial charge in [-0.2, -0.15) is 0 Å². The van der Waals surface area contributed by atoms with E-state index in [1.54, 1.807) is 0 Å². The van der Waals surface area contributed by atoms with Gasteiger partial charge in [-0.25, -0.2) is 4.79 Å². The Balaban J connectivity index is 1.71. The number of carbonyl (C=O) groups excluding carboxylic acids is 4. The zero-order chi connectivity index (χ0) is 29.4. The quantitative estimate of drug-likeness (QED) is 0.316. The summed E-state index contributed by atoms with van der Waals surface area (Å²) in [6.45, 7) is 12.0. The molecule has 1 aromatic rings. The summed E-state index contributed by atoms with van der Waals surface area (Å²) in [6.07, 6.45) is 3.34. The lowest BCUT2D eigenvalue weighted by molar-refractivity contribution is -0.142. The molecule has 4 atom stereocenters. The van der Waals surface area contributed by atoms with E-state index in [9.17, 15) is 19.2 Å². The summed E-state index contributed by atoms with van der Waals surface area (Å²) in [5.41, 5.74) is 0.983. The Morgan fingerprint density at radius 3 is 2.38 bits per heavy atom. The number of benzene rings is 1. The average molecular weight is 555 g/mol. The van der Waals surface area contributed by atoms with E-state index >= 15 is 0 Å². The zero-order valence-electron chi connectivity index (χ0n) is 24.7. The van der Waals surface area contributed by atoms with E-state index in [0.29, 0.717) is 25.2 Å². The van der Waals surface area contributed by atoms with Gasteiger partial charge in [0.25, 0.3) is 0 Å². The van der Waals surface area contributed by atoms with E-state index in [1.165, 1.54) is 12.0 Å². The number of Topliss-reactive ketones (excluding diaryl/α,β-unsaturated/α-hetero) is 2. The second-order valence-electron chi connectivity index (χ2n) is 12.4. The lowest BCUT2D eigenvalue weighted by Crippen LogP contribution is -2.56. The number of carbonyl (C=O) groups is 4. The van der Waals surface area contributed by atoms with Gasteiger partial charge in [-0.15, -0.1) is 0 Å². The second-order valence-corrected chi connectivity index (χ2v) is 12.4. The van der Waals surface area contributed by atoms with Crippen molar-refractivity contribution in [3.63, 3.8) is 0 Å². The summed E-state index contributed by atoms with van der Waals surface area (Å²) in [5.74, 6) is -0.196. The minimum atomic E-state index is -0.907. The number of ketones is 2.